The summed E-state index contributed by atoms with van der Waals surface area (Å²) in [7, 11) is 0. The summed E-state index contributed by atoms with van der Waals surface area (Å²) in [6.45, 7) is 1.94. The summed E-state index contributed by atoms with van der Waals surface area (Å²) < 4.78 is 0. The van der Waals surface area contributed by atoms with Gasteiger partial charge in [-0.1, -0.05) is 6.07 Å². The van der Waals surface area contributed by atoms with Crippen LogP contribution in [-0.2, 0) is 0 Å². The quantitative estimate of drug-likeness (QED) is 0.633. The van der Waals surface area contributed by atoms with Crippen molar-refractivity contribution in [2.75, 3.05) is 5.32 Å². The Labute approximate surface area is 104 Å². The molecule has 6 nitrogen and oxygen atoms in total. The van der Waals surface area contributed by atoms with E-state index >= 15 is 0 Å². The number of nitro groups is 1. The second-order valence-corrected chi connectivity index (χ2v) is 4.80. The van der Waals surface area contributed by atoms with Crippen molar-refractivity contribution in [3.63, 3.8) is 0 Å². The smallest absolute Gasteiger partial charge is 0.338 e. The number of anilines is 1. The highest BCUT2D eigenvalue weighted by molar-refractivity contribution is 5.97. The summed E-state index contributed by atoms with van der Waals surface area (Å²) in [5.74, 6) is -1.16. The monoisotopic (exact) mass is 250 g/mol. The van der Waals surface area contributed by atoms with Gasteiger partial charge in [-0.05, 0) is 32.3 Å². The Balaban J connectivity index is 2.46. The molecule has 1 aromatic carbocycles. The number of nitrogens with zero attached hydrogens (tertiary/aromatic N) is 1. The second-order valence-electron chi connectivity index (χ2n) is 4.80. The minimum Gasteiger partial charge on any atom is -0.478 e. The van der Waals surface area contributed by atoms with Gasteiger partial charge in [0.25, 0.3) is 5.69 Å². The Morgan fingerprint density at radius 1 is 1.50 bits per heavy atom. The number of carboxylic acid groups (broad SMARTS) is 1. The van der Waals surface area contributed by atoms with Gasteiger partial charge in [-0.2, -0.15) is 0 Å². The lowest BCUT2D eigenvalue weighted by molar-refractivity contribution is -0.384. The van der Waals surface area contributed by atoms with Gasteiger partial charge in [-0.3, -0.25) is 10.1 Å². The van der Waals surface area contributed by atoms with Crippen molar-refractivity contribution in [3.8, 4) is 0 Å². The van der Waals surface area contributed by atoms with Crippen LogP contribution in [0.2, 0.25) is 0 Å². The van der Waals surface area contributed by atoms with Crippen molar-refractivity contribution in [2.24, 2.45) is 0 Å². The Hall–Kier alpha value is -2.11. The van der Waals surface area contributed by atoms with E-state index in [9.17, 15) is 14.9 Å². The number of nitrogens with one attached hydrogen (secondary N) is 1. The van der Waals surface area contributed by atoms with Crippen molar-refractivity contribution in [1.29, 1.82) is 0 Å². The van der Waals surface area contributed by atoms with E-state index in [1.165, 1.54) is 18.2 Å². The molecule has 6 heteroatoms. The van der Waals surface area contributed by atoms with E-state index in [4.69, 9.17) is 5.11 Å². The highest BCUT2D eigenvalue weighted by atomic mass is 16.6. The van der Waals surface area contributed by atoms with Gasteiger partial charge in [0, 0.05) is 11.6 Å². The molecule has 96 valence electrons. The summed E-state index contributed by atoms with van der Waals surface area (Å²) in [6.07, 6.45) is 2.82. The fraction of sp³-hybridized carbons (Fsp3) is 0.417. The molecule has 2 rings (SSSR count). The molecule has 1 fully saturated rings. The van der Waals surface area contributed by atoms with Crippen LogP contribution in [0.25, 0.3) is 0 Å². The van der Waals surface area contributed by atoms with Crippen LogP contribution in [0.15, 0.2) is 18.2 Å². The number of benzene rings is 1. The lowest BCUT2D eigenvalue weighted by atomic mass is 9.78. The van der Waals surface area contributed by atoms with Crippen molar-refractivity contribution in [3.05, 3.63) is 33.9 Å². The maximum Gasteiger partial charge on any atom is 0.338 e. The number of carboxylic acids is 1. The summed E-state index contributed by atoms with van der Waals surface area (Å²) >= 11 is 0. The Morgan fingerprint density at radius 3 is 2.61 bits per heavy atom. The summed E-state index contributed by atoms with van der Waals surface area (Å²) in [6, 6.07) is 4.08. The zero-order valence-corrected chi connectivity index (χ0v) is 9.97. The van der Waals surface area contributed by atoms with Crippen LogP contribution in [0.5, 0.6) is 0 Å². The zero-order chi connectivity index (χ0) is 13.3. The minimum absolute atomic E-state index is 0.0580. The maximum atomic E-state index is 11.1. The normalized spacial score (nSPS) is 16.7. The van der Waals surface area contributed by atoms with Crippen molar-refractivity contribution in [1.82, 2.24) is 0 Å². The number of aromatic carboxylic acids is 1. The fourth-order valence-electron chi connectivity index (χ4n) is 2.14. The topological polar surface area (TPSA) is 92.5 Å². The van der Waals surface area contributed by atoms with Crippen LogP contribution in [-0.4, -0.2) is 21.5 Å². The van der Waals surface area contributed by atoms with E-state index < -0.39 is 10.9 Å². The molecule has 0 unspecified atom stereocenters. The van der Waals surface area contributed by atoms with Crippen molar-refractivity contribution < 1.29 is 14.8 Å². The molecule has 1 aliphatic carbocycles. The largest absolute Gasteiger partial charge is 0.478 e. The average Bonchev–Trinajstić information content (AvgIpc) is 2.26. The molecule has 1 saturated carbocycles. The molecule has 0 saturated heterocycles. The number of hydrogen-bond donors (Lipinski definition) is 2. The van der Waals surface area contributed by atoms with Gasteiger partial charge in [0.15, 0.2) is 0 Å². The van der Waals surface area contributed by atoms with Crippen LogP contribution in [0, 0.1) is 10.1 Å². The van der Waals surface area contributed by atoms with Crippen LogP contribution in [0.3, 0.4) is 0 Å². The highest BCUT2D eigenvalue weighted by Gasteiger charge is 2.35. The molecule has 1 aromatic rings. The first-order chi connectivity index (χ1) is 8.43. The lowest BCUT2D eigenvalue weighted by Crippen LogP contribution is -2.42. The van der Waals surface area contributed by atoms with Gasteiger partial charge < -0.3 is 10.4 Å². The molecule has 0 radical (unpaired) electrons. The predicted molar refractivity (Wildman–Crippen MR) is 65.9 cm³/mol. The van der Waals surface area contributed by atoms with Gasteiger partial charge in [0.05, 0.1) is 10.5 Å². The summed E-state index contributed by atoms with van der Waals surface area (Å²) in [5, 5.41) is 23.1. The third-order valence-corrected chi connectivity index (χ3v) is 3.35. The Kier molecular flexibility index (Phi) is 2.94. The summed E-state index contributed by atoms with van der Waals surface area (Å²) in [5.41, 5.74) is -0.381. The van der Waals surface area contributed by atoms with Gasteiger partial charge in [-0.15, -0.1) is 0 Å². The number of carbonyl (C=O) groups is 1. The van der Waals surface area contributed by atoms with Crippen molar-refractivity contribution in [2.45, 2.75) is 31.7 Å². The van der Waals surface area contributed by atoms with E-state index in [1.807, 2.05) is 6.92 Å². The first-order valence-electron chi connectivity index (χ1n) is 5.72. The summed E-state index contributed by atoms with van der Waals surface area (Å²) in [4.78, 5) is 21.5. The number of hydrogen-bond acceptors (Lipinski definition) is 4. The van der Waals surface area contributed by atoms with Gasteiger partial charge in [-0.25, -0.2) is 4.79 Å². The van der Waals surface area contributed by atoms with Gasteiger partial charge in [0.2, 0.25) is 0 Å². The van der Waals surface area contributed by atoms with Crippen LogP contribution in [0.4, 0.5) is 11.4 Å². The molecule has 0 atom stereocenters. The molecular formula is C12H14N2O4. The molecule has 0 amide bonds. The Bertz CT molecular complexity index is 477. The van der Waals surface area contributed by atoms with Crippen LogP contribution in [0.1, 0.15) is 36.5 Å². The Morgan fingerprint density at radius 2 is 2.17 bits per heavy atom. The van der Waals surface area contributed by atoms with E-state index in [0.29, 0.717) is 0 Å². The van der Waals surface area contributed by atoms with Gasteiger partial charge >= 0.3 is 5.97 Å². The lowest BCUT2D eigenvalue weighted by Gasteiger charge is -2.40. The van der Waals surface area contributed by atoms with E-state index in [-0.39, 0.29) is 22.5 Å². The van der Waals surface area contributed by atoms with Gasteiger partial charge in [0.1, 0.15) is 5.69 Å². The zero-order valence-electron chi connectivity index (χ0n) is 9.97. The highest BCUT2D eigenvalue weighted by Crippen LogP contribution is 2.38. The predicted octanol–water partition coefficient (Wildman–Crippen LogP) is 2.65. The minimum atomic E-state index is -1.16. The third kappa shape index (κ3) is 2.13. The first kappa shape index (κ1) is 12.3. The van der Waals surface area contributed by atoms with E-state index in [1.54, 1.807) is 0 Å². The fourth-order valence-corrected chi connectivity index (χ4v) is 2.14. The first-order valence-corrected chi connectivity index (χ1v) is 5.72. The maximum absolute atomic E-state index is 11.1. The molecule has 0 aliphatic heterocycles. The molecule has 0 aromatic heterocycles. The van der Waals surface area contributed by atoms with E-state index in [2.05, 4.69) is 5.32 Å². The molecule has 1 aliphatic rings. The third-order valence-electron chi connectivity index (χ3n) is 3.35. The van der Waals surface area contributed by atoms with E-state index in [0.717, 1.165) is 19.3 Å². The SMILES string of the molecule is CC1(Nc2c(C(=O)O)cccc2[N+](=O)[O-])CCC1. The van der Waals surface area contributed by atoms with Crippen LogP contribution < -0.4 is 5.32 Å². The molecule has 18 heavy (non-hydrogen) atoms. The van der Waals surface area contributed by atoms with Crippen LogP contribution >= 0.6 is 0 Å². The molecule has 0 bridgehead atoms. The number of nitro benzene ring substituents is 1. The molecule has 0 spiro atoms. The number of rotatable bonds is 4. The second kappa shape index (κ2) is 4.29. The molecular weight excluding hydrogens is 236 g/mol. The number of para-hydroxylation sites is 1. The van der Waals surface area contributed by atoms with Crippen molar-refractivity contribution >= 4 is 17.3 Å². The average molecular weight is 250 g/mol. The standard InChI is InChI=1S/C12H14N2O4/c1-12(6-3-7-12)13-10-8(11(15)16)4-2-5-9(10)14(17)18/h2,4-5,13H,3,6-7H2,1H3,(H,15,16). The molecule has 2 N–H and O–H groups in total. The molecule has 0 heterocycles.